The van der Waals surface area contributed by atoms with Gasteiger partial charge < -0.3 is 15.6 Å². The van der Waals surface area contributed by atoms with Crippen LogP contribution in [0.25, 0.3) is 0 Å². The highest BCUT2D eigenvalue weighted by Crippen LogP contribution is 2.25. The lowest BCUT2D eigenvalue weighted by Crippen LogP contribution is -2.25. The number of anilines is 1. The number of hydrogen-bond acceptors (Lipinski definition) is 5. The number of nitrogen functional groups attached to an aromatic ring is 1. The Bertz CT molecular complexity index is 1010. The SMILES string of the molecule is Cn1cc(C(=O)N2Cc3nc(C(=N)c4ccc(Br)cc4N)[nH]c3C2)cn1. The van der Waals surface area contributed by atoms with Crippen LogP contribution in [0, 0.1) is 5.41 Å². The minimum atomic E-state index is -0.0849. The molecule has 0 saturated carbocycles. The summed E-state index contributed by atoms with van der Waals surface area (Å²) < 4.78 is 2.46. The Morgan fingerprint density at radius 3 is 2.85 bits per heavy atom. The molecule has 0 bridgehead atoms. The largest absolute Gasteiger partial charge is 0.398 e. The number of halogens is 1. The smallest absolute Gasteiger partial charge is 0.257 e. The molecule has 1 aromatic carbocycles. The van der Waals surface area contributed by atoms with Crippen LogP contribution in [0.15, 0.2) is 35.1 Å². The van der Waals surface area contributed by atoms with Crippen molar-refractivity contribution in [2.45, 2.75) is 13.1 Å². The van der Waals surface area contributed by atoms with Crippen LogP contribution in [-0.2, 0) is 20.1 Å². The Kier molecular flexibility index (Phi) is 3.87. The van der Waals surface area contributed by atoms with Crippen molar-refractivity contribution in [3.63, 3.8) is 0 Å². The van der Waals surface area contributed by atoms with Crippen molar-refractivity contribution in [1.82, 2.24) is 24.6 Å². The third-order valence-electron chi connectivity index (χ3n) is 4.31. The summed E-state index contributed by atoms with van der Waals surface area (Å²) in [6.07, 6.45) is 3.25. The van der Waals surface area contributed by atoms with Crippen molar-refractivity contribution >= 4 is 33.2 Å². The maximum absolute atomic E-state index is 12.5. The predicted molar refractivity (Wildman–Crippen MR) is 99.9 cm³/mol. The number of carbonyl (C=O) groups is 1. The number of rotatable bonds is 3. The summed E-state index contributed by atoms with van der Waals surface area (Å²) in [4.78, 5) is 21.9. The molecule has 0 saturated heterocycles. The Morgan fingerprint density at radius 1 is 1.38 bits per heavy atom. The number of nitrogens with zero attached hydrogens (tertiary/aromatic N) is 4. The molecule has 26 heavy (non-hydrogen) atoms. The highest BCUT2D eigenvalue weighted by atomic mass is 79.9. The standard InChI is InChI=1S/C17H16BrN7O/c1-24-6-9(5-21-24)17(26)25-7-13-14(8-25)23-16(22-13)15(20)11-3-2-10(18)4-12(11)19/h2-6,20H,7-8,19H2,1H3,(H,22,23). The number of imidazole rings is 1. The van der Waals surface area contributed by atoms with Crippen LogP contribution in [0.3, 0.4) is 0 Å². The summed E-state index contributed by atoms with van der Waals surface area (Å²) in [5.41, 5.74) is 9.53. The van der Waals surface area contributed by atoms with E-state index in [0.29, 0.717) is 35.7 Å². The van der Waals surface area contributed by atoms with Gasteiger partial charge in [0, 0.05) is 29.0 Å². The average molecular weight is 414 g/mol. The van der Waals surface area contributed by atoms with Gasteiger partial charge in [-0.1, -0.05) is 15.9 Å². The molecule has 0 radical (unpaired) electrons. The van der Waals surface area contributed by atoms with E-state index in [1.165, 1.54) is 0 Å². The number of aromatic amines is 1. The minimum absolute atomic E-state index is 0.0849. The fourth-order valence-corrected chi connectivity index (χ4v) is 3.38. The lowest BCUT2D eigenvalue weighted by atomic mass is 10.1. The number of aromatic nitrogens is 4. The Morgan fingerprint density at radius 2 is 2.19 bits per heavy atom. The third-order valence-corrected chi connectivity index (χ3v) is 4.81. The topological polar surface area (TPSA) is 117 Å². The molecular weight excluding hydrogens is 398 g/mol. The molecule has 132 valence electrons. The summed E-state index contributed by atoms with van der Waals surface area (Å²) in [5.74, 6) is 0.371. The fraction of sp³-hybridized carbons (Fsp3) is 0.176. The van der Waals surface area contributed by atoms with Gasteiger partial charge in [-0.25, -0.2) is 4.98 Å². The highest BCUT2D eigenvalue weighted by Gasteiger charge is 2.29. The first kappa shape index (κ1) is 16.5. The normalized spacial score (nSPS) is 13.1. The van der Waals surface area contributed by atoms with Gasteiger partial charge in [-0.3, -0.25) is 14.9 Å². The zero-order valence-corrected chi connectivity index (χ0v) is 15.5. The summed E-state index contributed by atoms with van der Waals surface area (Å²) in [5, 5.41) is 12.4. The molecule has 0 unspecified atom stereocenters. The van der Waals surface area contributed by atoms with E-state index in [0.717, 1.165) is 15.9 Å². The fourth-order valence-electron chi connectivity index (χ4n) is 3.00. The molecule has 1 aliphatic heterocycles. The van der Waals surface area contributed by atoms with Gasteiger partial charge in [0.05, 0.1) is 36.2 Å². The molecule has 0 spiro atoms. The number of amides is 1. The third kappa shape index (κ3) is 2.80. The zero-order valence-electron chi connectivity index (χ0n) is 14.0. The number of fused-ring (bicyclic) bond motifs is 1. The Labute approximate surface area is 157 Å². The number of H-pyrrole nitrogens is 1. The second-order valence-corrected chi connectivity index (χ2v) is 7.10. The summed E-state index contributed by atoms with van der Waals surface area (Å²) in [6, 6.07) is 5.38. The first-order chi connectivity index (χ1) is 12.4. The number of nitrogens with two attached hydrogens (primary N) is 1. The van der Waals surface area contributed by atoms with Crippen LogP contribution < -0.4 is 5.73 Å². The lowest BCUT2D eigenvalue weighted by molar-refractivity contribution is 0.0748. The summed E-state index contributed by atoms with van der Waals surface area (Å²) in [6.45, 7) is 0.835. The monoisotopic (exact) mass is 413 g/mol. The van der Waals surface area contributed by atoms with E-state index in [1.807, 2.05) is 6.07 Å². The van der Waals surface area contributed by atoms with Crippen LogP contribution in [0.4, 0.5) is 5.69 Å². The highest BCUT2D eigenvalue weighted by molar-refractivity contribution is 9.10. The van der Waals surface area contributed by atoms with Gasteiger partial charge >= 0.3 is 0 Å². The Balaban J connectivity index is 1.53. The lowest BCUT2D eigenvalue weighted by Gasteiger charge is -2.14. The maximum Gasteiger partial charge on any atom is 0.257 e. The molecule has 3 heterocycles. The molecular formula is C17H16BrN7O. The number of carbonyl (C=O) groups excluding carboxylic acids is 1. The second-order valence-electron chi connectivity index (χ2n) is 6.18. The summed E-state index contributed by atoms with van der Waals surface area (Å²) >= 11 is 3.36. The molecule has 4 N–H and O–H groups in total. The predicted octanol–water partition coefficient (Wildman–Crippen LogP) is 2.06. The van der Waals surface area contributed by atoms with Crippen molar-refractivity contribution in [2.24, 2.45) is 7.05 Å². The van der Waals surface area contributed by atoms with Crippen molar-refractivity contribution in [3.05, 3.63) is 63.4 Å². The first-order valence-electron chi connectivity index (χ1n) is 7.92. The molecule has 3 aromatic rings. The second kappa shape index (κ2) is 6.10. The van der Waals surface area contributed by atoms with Gasteiger partial charge in [0.2, 0.25) is 0 Å². The number of benzene rings is 1. The van der Waals surface area contributed by atoms with Gasteiger partial charge in [-0.15, -0.1) is 0 Å². The Hall–Kier alpha value is -2.94. The average Bonchev–Trinajstić information content (AvgIpc) is 3.27. The van der Waals surface area contributed by atoms with E-state index < -0.39 is 0 Å². The molecule has 0 aliphatic carbocycles. The van der Waals surface area contributed by atoms with E-state index in [-0.39, 0.29) is 11.6 Å². The molecule has 0 atom stereocenters. The van der Waals surface area contributed by atoms with Crippen LogP contribution in [0.2, 0.25) is 0 Å². The van der Waals surface area contributed by atoms with E-state index in [4.69, 9.17) is 11.1 Å². The molecule has 4 rings (SSSR count). The summed E-state index contributed by atoms with van der Waals surface area (Å²) in [7, 11) is 1.77. The van der Waals surface area contributed by atoms with E-state index in [9.17, 15) is 4.79 Å². The molecule has 2 aromatic heterocycles. The molecule has 0 fully saturated rings. The quantitative estimate of drug-likeness (QED) is 0.449. The van der Waals surface area contributed by atoms with Gasteiger partial charge in [0.25, 0.3) is 5.91 Å². The van der Waals surface area contributed by atoms with Crippen molar-refractivity contribution in [1.29, 1.82) is 5.41 Å². The van der Waals surface area contributed by atoms with Crippen molar-refractivity contribution in [3.8, 4) is 0 Å². The first-order valence-corrected chi connectivity index (χ1v) is 8.71. The van der Waals surface area contributed by atoms with E-state index in [1.54, 1.807) is 41.2 Å². The van der Waals surface area contributed by atoms with E-state index in [2.05, 4.69) is 31.0 Å². The number of nitrogens with one attached hydrogen (secondary N) is 2. The van der Waals surface area contributed by atoms with Crippen LogP contribution in [0.5, 0.6) is 0 Å². The number of hydrogen-bond donors (Lipinski definition) is 3. The van der Waals surface area contributed by atoms with E-state index >= 15 is 0 Å². The van der Waals surface area contributed by atoms with Crippen LogP contribution in [0.1, 0.15) is 33.1 Å². The van der Waals surface area contributed by atoms with Crippen molar-refractivity contribution < 1.29 is 4.79 Å². The van der Waals surface area contributed by atoms with Crippen LogP contribution >= 0.6 is 15.9 Å². The van der Waals surface area contributed by atoms with Crippen molar-refractivity contribution in [2.75, 3.05) is 5.73 Å². The molecule has 9 heteroatoms. The van der Waals surface area contributed by atoms with Gasteiger partial charge in [0.15, 0.2) is 5.82 Å². The van der Waals surface area contributed by atoms with Gasteiger partial charge in [0.1, 0.15) is 5.71 Å². The molecule has 8 nitrogen and oxygen atoms in total. The van der Waals surface area contributed by atoms with Gasteiger partial charge in [-0.05, 0) is 18.2 Å². The zero-order chi connectivity index (χ0) is 18.4. The van der Waals surface area contributed by atoms with Crippen LogP contribution in [-0.4, -0.2) is 36.3 Å². The minimum Gasteiger partial charge on any atom is -0.398 e. The number of aryl methyl sites for hydroxylation is 1. The molecule has 1 aliphatic rings. The van der Waals surface area contributed by atoms with Gasteiger partial charge in [-0.2, -0.15) is 5.10 Å². The molecule has 1 amide bonds. The maximum atomic E-state index is 12.5.